The van der Waals surface area contributed by atoms with E-state index in [1.165, 1.54) is 0 Å². The Balaban J connectivity index is 1.97. The Bertz CT molecular complexity index is 736. The van der Waals surface area contributed by atoms with E-state index < -0.39 is 11.5 Å². The monoisotopic (exact) mass is 340 g/mol. The molecule has 0 radical (unpaired) electrons. The van der Waals surface area contributed by atoms with Gasteiger partial charge in [0.25, 0.3) is 0 Å². The quantitative estimate of drug-likeness (QED) is 0.860. The van der Waals surface area contributed by atoms with E-state index in [2.05, 4.69) is 10.6 Å². The van der Waals surface area contributed by atoms with E-state index in [4.69, 9.17) is 4.74 Å². The molecule has 0 aliphatic rings. The first-order valence-electron chi connectivity index (χ1n) is 8.20. The highest BCUT2D eigenvalue weighted by Crippen LogP contribution is 2.21. The van der Waals surface area contributed by atoms with Gasteiger partial charge in [-0.3, -0.25) is 4.79 Å². The fourth-order valence-electron chi connectivity index (χ4n) is 2.09. The molecule has 0 aliphatic carbocycles. The van der Waals surface area contributed by atoms with E-state index in [9.17, 15) is 9.59 Å². The summed E-state index contributed by atoms with van der Waals surface area (Å²) in [5, 5.41) is 5.59. The molecular formula is C20H24N2O3. The predicted molar refractivity (Wildman–Crippen MR) is 98.5 cm³/mol. The van der Waals surface area contributed by atoms with E-state index in [-0.39, 0.29) is 11.9 Å². The molecule has 5 heteroatoms. The lowest BCUT2D eigenvalue weighted by molar-refractivity contribution is -0.123. The molecule has 0 fully saturated rings. The van der Waals surface area contributed by atoms with Crippen molar-refractivity contribution in [2.75, 3.05) is 5.32 Å². The van der Waals surface area contributed by atoms with Gasteiger partial charge < -0.3 is 15.4 Å². The highest BCUT2D eigenvalue weighted by Gasteiger charge is 2.21. The molecule has 0 saturated heterocycles. The Hall–Kier alpha value is -2.82. The predicted octanol–water partition coefficient (Wildman–Crippen LogP) is 4.52. The van der Waals surface area contributed by atoms with Crippen LogP contribution >= 0.6 is 0 Å². The topological polar surface area (TPSA) is 67.4 Å². The van der Waals surface area contributed by atoms with E-state index in [0.717, 1.165) is 5.56 Å². The van der Waals surface area contributed by atoms with Crippen molar-refractivity contribution in [2.24, 2.45) is 5.41 Å². The zero-order valence-electron chi connectivity index (χ0n) is 15.0. The average molecular weight is 340 g/mol. The normalized spacial score (nSPS) is 12.2. The van der Waals surface area contributed by atoms with Gasteiger partial charge in [-0.05, 0) is 24.6 Å². The van der Waals surface area contributed by atoms with E-state index in [1.54, 1.807) is 24.3 Å². The second kappa shape index (κ2) is 7.83. The van der Waals surface area contributed by atoms with Crippen molar-refractivity contribution >= 4 is 17.7 Å². The first-order chi connectivity index (χ1) is 11.8. The number of hydrogen-bond donors (Lipinski definition) is 2. The van der Waals surface area contributed by atoms with Crippen LogP contribution in [-0.2, 0) is 4.79 Å². The molecule has 1 atom stereocenters. The third-order valence-electron chi connectivity index (χ3n) is 3.62. The first kappa shape index (κ1) is 18.5. The van der Waals surface area contributed by atoms with Gasteiger partial charge in [0.2, 0.25) is 5.91 Å². The van der Waals surface area contributed by atoms with Crippen molar-refractivity contribution in [3.05, 3.63) is 60.2 Å². The van der Waals surface area contributed by atoms with Crippen molar-refractivity contribution in [3.8, 4) is 5.75 Å². The number of ether oxygens (including phenoxy) is 1. The van der Waals surface area contributed by atoms with Gasteiger partial charge in [0, 0.05) is 17.2 Å². The van der Waals surface area contributed by atoms with Crippen molar-refractivity contribution in [3.63, 3.8) is 0 Å². The zero-order chi connectivity index (χ0) is 18.4. The SMILES string of the molecule is CC(NC(=O)Oc1cccc(NC(=O)C(C)(C)C)c1)c1ccccc1. The molecule has 5 nitrogen and oxygen atoms in total. The van der Waals surface area contributed by atoms with Crippen LogP contribution in [0.2, 0.25) is 0 Å². The molecule has 2 amide bonds. The van der Waals surface area contributed by atoms with Crippen molar-refractivity contribution in [1.82, 2.24) is 5.32 Å². The smallest absolute Gasteiger partial charge is 0.410 e. The molecule has 2 rings (SSSR count). The molecule has 0 spiro atoms. The first-order valence-corrected chi connectivity index (χ1v) is 8.20. The standard InChI is InChI=1S/C20H24N2O3/c1-14(15-9-6-5-7-10-15)21-19(24)25-17-12-8-11-16(13-17)22-18(23)20(2,3)4/h5-14H,1-4H3,(H,21,24)(H,22,23). The number of benzene rings is 2. The minimum atomic E-state index is -0.546. The number of amides is 2. The van der Waals surface area contributed by atoms with Gasteiger partial charge >= 0.3 is 6.09 Å². The summed E-state index contributed by atoms with van der Waals surface area (Å²) in [5.74, 6) is 0.260. The Labute approximate surface area is 148 Å². The Morgan fingerprint density at radius 3 is 2.32 bits per heavy atom. The van der Waals surface area contributed by atoms with Crippen LogP contribution in [0.15, 0.2) is 54.6 Å². The minimum absolute atomic E-state index is 0.105. The summed E-state index contributed by atoms with van der Waals surface area (Å²) in [6, 6.07) is 16.2. The van der Waals surface area contributed by atoms with Gasteiger partial charge in [-0.2, -0.15) is 0 Å². The molecule has 2 N–H and O–H groups in total. The highest BCUT2D eigenvalue weighted by molar-refractivity contribution is 5.94. The third-order valence-corrected chi connectivity index (χ3v) is 3.62. The van der Waals surface area contributed by atoms with Crippen LogP contribution in [-0.4, -0.2) is 12.0 Å². The lowest BCUT2D eigenvalue weighted by Gasteiger charge is -2.18. The summed E-state index contributed by atoms with van der Waals surface area (Å²) in [6.07, 6.45) is -0.546. The number of carbonyl (C=O) groups excluding carboxylic acids is 2. The second-order valence-corrected chi connectivity index (χ2v) is 6.90. The Morgan fingerprint density at radius 1 is 1.00 bits per heavy atom. The van der Waals surface area contributed by atoms with Gasteiger partial charge in [-0.1, -0.05) is 57.2 Å². The van der Waals surface area contributed by atoms with Crippen molar-refractivity contribution in [2.45, 2.75) is 33.7 Å². The summed E-state index contributed by atoms with van der Waals surface area (Å²) in [4.78, 5) is 24.1. The molecule has 132 valence electrons. The van der Waals surface area contributed by atoms with Crippen LogP contribution in [0.4, 0.5) is 10.5 Å². The number of carbonyl (C=O) groups is 2. The summed E-state index contributed by atoms with van der Waals surface area (Å²) < 4.78 is 5.31. The maximum atomic E-state index is 12.1. The maximum absolute atomic E-state index is 12.1. The molecule has 0 bridgehead atoms. The fraction of sp³-hybridized carbons (Fsp3) is 0.300. The summed E-state index contributed by atoms with van der Waals surface area (Å²) in [5.41, 5.74) is 1.08. The van der Waals surface area contributed by atoms with E-state index in [0.29, 0.717) is 11.4 Å². The molecule has 2 aromatic rings. The van der Waals surface area contributed by atoms with Crippen LogP contribution in [0.3, 0.4) is 0 Å². The van der Waals surface area contributed by atoms with E-state index in [1.807, 2.05) is 58.0 Å². The van der Waals surface area contributed by atoms with Crippen molar-refractivity contribution < 1.29 is 14.3 Å². The zero-order valence-corrected chi connectivity index (χ0v) is 15.0. The van der Waals surface area contributed by atoms with Crippen LogP contribution in [0, 0.1) is 5.41 Å². The summed E-state index contributed by atoms with van der Waals surface area (Å²) in [6.45, 7) is 7.39. The van der Waals surface area contributed by atoms with Gasteiger partial charge in [0.1, 0.15) is 5.75 Å². The van der Waals surface area contributed by atoms with Crippen LogP contribution in [0.25, 0.3) is 0 Å². The van der Waals surface area contributed by atoms with Gasteiger partial charge in [-0.25, -0.2) is 4.79 Å². The molecule has 0 saturated carbocycles. The number of nitrogens with one attached hydrogen (secondary N) is 2. The molecule has 1 unspecified atom stereocenters. The molecule has 0 aromatic heterocycles. The van der Waals surface area contributed by atoms with Crippen LogP contribution in [0.1, 0.15) is 39.3 Å². The summed E-state index contributed by atoms with van der Waals surface area (Å²) >= 11 is 0. The number of rotatable bonds is 4. The number of anilines is 1. The largest absolute Gasteiger partial charge is 0.413 e. The fourth-order valence-corrected chi connectivity index (χ4v) is 2.09. The third kappa shape index (κ3) is 5.64. The lowest BCUT2D eigenvalue weighted by atomic mass is 9.95. The molecule has 2 aromatic carbocycles. The summed E-state index contributed by atoms with van der Waals surface area (Å²) in [7, 11) is 0. The lowest BCUT2D eigenvalue weighted by Crippen LogP contribution is -2.29. The second-order valence-electron chi connectivity index (χ2n) is 6.90. The highest BCUT2D eigenvalue weighted by atomic mass is 16.6. The van der Waals surface area contributed by atoms with Gasteiger partial charge in [0.15, 0.2) is 0 Å². The average Bonchev–Trinajstić information content (AvgIpc) is 2.55. The van der Waals surface area contributed by atoms with Crippen LogP contribution < -0.4 is 15.4 Å². The Kier molecular flexibility index (Phi) is 5.80. The van der Waals surface area contributed by atoms with Gasteiger partial charge in [0.05, 0.1) is 6.04 Å². The molecule has 0 heterocycles. The molecular weight excluding hydrogens is 316 g/mol. The van der Waals surface area contributed by atoms with E-state index >= 15 is 0 Å². The van der Waals surface area contributed by atoms with Gasteiger partial charge in [-0.15, -0.1) is 0 Å². The minimum Gasteiger partial charge on any atom is -0.410 e. The van der Waals surface area contributed by atoms with Crippen molar-refractivity contribution in [1.29, 1.82) is 0 Å². The molecule has 0 aliphatic heterocycles. The van der Waals surface area contributed by atoms with Crippen LogP contribution in [0.5, 0.6) is 5.75 Å². The molecule has 25 heavy (non-hydrogen) atoms. The maximum Gasteiger partial charge on any atom is 0.413 e. The Morgan fingerprint density at radius 2 is 1.68 bits per heavy atom. The number of hydrogen-bond acceptors (Lipinski definition) is 3.